The number of carbonyl (C=O) groups is 1. The summed E-state index contributed by atoms with van der Waals surface area (Å²) in [7, 11) is 0. The average Bonchev–Trinajstić information content (AvgIpc) is 2.57. The molecule has 0 unspecified atom stereocenters. The van der Waals surface area contributed by atoms with Crippen LogP contribution in [-0.2, 0) is 11.4 Å². The number of aromatic nitrogens is 1. The second-order valence-corrected chi connectivity index (χ2v) is 4.02. The largest absolute Gasteiger partial charge is 0.342 e. The topological polar surface area (TPSA) is 43.3 Å². The molecule has 0 saturated carbocycles. The molecule has 1 N–H and O–H groups in total. The second kappa shape index (κ2) is 5.92. The molecule has 0 aliphatic rings. The molecular weight excluding hydrogens is 260 g/mol. The molecule has 84 valence electrons. The lowest BCUT2D eigenvalue weighted by Gasteiger charge is -2.07. The number of nitrogens with one attached hydrogen (secondary N) is 1. The number of hydrogen-bond acceptors (Lipinski definition) is 2. The van der Waals surface area contributed by atoms with Gasteiger partial charge in [0.05, 0.1) is 6.61 Å². The van der Waals surface area contributed by atoms with E-state index in [-0.39, 0.29) is 5.91 Å². The summed E-state index contributed by atoms with van der Waals surface area (Å²) in [4.78, 5) is 16.5. The van der Waals surface area contributed by atoms with Gasteiger partial charge in [-0.2, -0.15) is 0 Å². The summed E-state index contributed by atoms with van der Waals surface area (Å²) < 4.78 is 2.80. The molecule has 15 heavy (non-hydrogen) atoms. The summed E-state index contributed by atoms with van der Waals surface area (Å²) in [6.07, 6.45) is 2.88. The Morgan fingerprint density at radius 2 is 2.33 bits per heavy atom. The van der Waals surface area contributed by atoms with Crippen molar-refractivity contribution in [1.29, 1.82) is 0 Å². The van der Waals surface area contributed by atoms with Crippen molar-refractivity contribution in [1.82, 2.24) is 10.0 Å². The van der Waals surface area contributed by atoms with Crippen molar-refractivity contribution in [2.24, 2.45) is 0 Å². The van der Waals surface area contributed by atoms with Crippen molar-refractivity contribution in [2.45, 2.75) is 26.8 Å². The first-order valence-corrected chi connectivity index (χ1v) is 5.76. The van der Waals surface area contributed by atoms with Crippen molar-refractivity contribution in [2.75, 3.05) is 6.61 Å². The predicted molar refractivity (Wildman–Crippen MR) is 61.5 cm³/mol. The molecule has 0 atom stereocenters. The van der Waals surface area contributed by atoms with Crippen LogP contribution in [0.3, 0.4) is 0 Å². The van der Waals surface area contributed by atoms with E-state index < -0.39 is 0 Å². The number of rotatable bonds is 5. The van der Waals surface area contributed by atoms with Gasteiger partial charge in [-0.3, -0.25) is 9.63 Å². The predicted octanol–water partition coefficient (Wildman–Crippen LogP) is 2.34. The summed E-state index contributed by atoms with van der Waals surface area (Å²) in [6.45, 7) is 5.17. The first kappa shape index (κ1) is 12.3. The zero-order valence-corrected chi connectivity index (χ0v) is 10.5. The first-order valence-electron chi connectivity index (χ1n) is 4.96. The first-order chi connectivity index (χ1) is 7.19. The zero-order valence-electron chi connectivity index (χ0n) is 8.92. The number of nitrogens with zero attached hydrogens (tertiary/aromatic N) is 1. The van der Waals surface area contributed by atoms with E-state index in [0.29, 0.717) is 12.3 Å². The van der Waals surface area contributed by atoms with Crippen LogP contribution in [0.5, 0.6) is 0 Å². The summed E-state index contributed by atoms with van der Waals surface area (Å²) in [5.74, 6) is -0.212. The normalized spacial score (nSPS) is 10.3. The highest BCUT2D eigenvalue weighted by Gasteiger charge is 2.12. The third-order valence-electron chi connectivity index (χ3n) is 1.87. The average molecular weight is 275 g/mol. The Labute approximate surface area is 97.7 Å². The van der Waals surface area contributed by atoms with E-state index in [4.69, 9.17) is 4.84 Å². The van der Waals surface area contributed by atoms with Crippen LogP contribution in [0, 0.1) is 0 Å². The van der Waals surface area contributed by atoms with Gasteiger partial charge in [-0.15, -0.1) is 0 Å². The summed E-state index contributed by atoms with van der Waals surface area (Å²) in [5, 5.41) is 0. The molecule has 1 rings (SSSR count). The van der Waals surface area contributed by atoms with E-state index >= 15 is 0 Å². The standard InChI is InChI=1S/C10H15BrN2O2/c1-3-5-13-7-8(11)6-9(13)10(14)12-15-4-2/h6-7H,3-5H2,1-2H3,(H,12,14). The summed E-state index contributed by atoms with van der Waals surface area (Å²) >= 11 is 3.35. The van der Waals surface area contributed by atoms with Gasteiger partial charge in [-0.1, -0.05) is 6.92 Å². The number of halogens is 1. The Balaban J connectivity index is 2.77. The van der Waals surface area contributed by atoms with Gasteiger partial charge < -0.3 is 4.57 Å². The second-order valence-electron chi connectivity index (χ2n) is 3.10. The number of carbonyl (C=O) groups excluding carboxylic acids is 1. The Bertz CT molecular complexity index is 336. The van der Waals surface area contributed by atoms with Crippen LogP contribution in [0.2, 0.25) is 0 Å². The molecule has 0 fully saturated rings. The Hall–Kier alpha value is -0.810. The molecular formula is C10H15BrN2O2. The van der Waals surface area contributed by atoms with Crippen molar-refractivity contribution in [3.63, 3.8) is 0 Å². The lowest BCUT2D eigenvalue weighted by molar-refractivity contribution is 0.0356. The van der Waals surface area contributed by atoms with Crippen LogP contribution < -0.4 is 5.48 Å². The van der Waals surface area contributed by atoms with E-state index in [9.17, 15) is 4.79 Å². The highest BCUT2D eigenvalue weighted by molar-refractivity contribution is 9.10. The highest BCUT2D eigenvalue weighted by Crippen LogP contribution is 2.15. The molecule has 0 bridgehead atoms. The van der Waals surface area contributed by atoms with E-state index in [1.165, 1.54) is 0 Å². The minimum atomic E-state index is -0.212. The molecule has 4 nitrogen and oxygen atoms in total. The van der Waals surface area contributed by atoms with Crippen molar-refractivity contribution in [3.05, 3.63) is 22.4 Å². The molecule has 1 amide bonds. The van der Waals surface area contributed by atoms with E-state index in [0.717, 1.165) is 17.4 Å². The molecule has 0 saturated heterocycles. The molecule has 0 spiro atoms. The van der Waals surface area contributed by atoms with Crippen molar-refractivity contribution < 1.29 is 9.63 Å². The molecule has 1 heterocycles. The van der Waals surface area contributed by atoms with Gasteiger partial charge in [0.2, 0.25) is 0 Å². The molecule has 5 heteroatoms. The third-order valence-corrected chi connectivity index (χ3v) is 2.30. The molecule has 0 aliphatic carbocycles. The molecule has 0 aliphatic heterocycles. The molecule has 0 aromatic carbocycles. The number of hydrogen-bond donors (Lipinski definition) is 1. The van der Waals surface area contributed by atoms with Crippen LogP contribution in [0.1, 0.15) is 30.8 Å². The maximum absolute atomic E-state index is 11.6. The fraction of sp³-hybridized carbons (Fsp3) is 0.500. The minimum Gasteiger partial charge on any atom is -0.342 e. The zero-order chi connectivity index (χ0) is 11.3. The van der Waals surface area contributed by atoms with Crippen LogP contribution in [0.25, 0.3) is 0 Å². The fourth-order valence-corrected chi connectivity index (χ4v) is 1.75. The van der Waals surface area contributed by atoms with Gasteiger partial charge in [-0.25, -0.2) is 5.48 Å². The number of aryl methyl sites for hydroxylation is 1. The van der Waals surface area contributed by atoms with Gasteiger partial charge in [0.1, 0.15) is 5.69 Å². The Morgan fingerprint density at radius 3 is 2.93 bits per heavy atom. The lowest BCUT2D eigenvalue weighted by Crippen LogP contribution is -2.26. The molecule has 0 radical (unpaired) electrons. The summed E-state index contributed by atoms with van der Waals surface area (Å²) in [6, 6.07) is 1.78. The van der Waals surface area contributed by atoms with Crippen LogP contribution in [-0.4, -0.2) is 17.1 Å². The van der Waals surface area contributed by atoms with Crippen LogP contribution in [0.4, 0.5) is 0 Å². The van der Waals surface area contributed by atoms with Gasteiger partial charge in [-0.05, 0) is 35.3 Å². The van der Waals surface area contributed by atoms with Gasteiger partial charge in [0.15, 0.2) is 0 Å². The smallest absolute Gasteiger partial charge is 0.291 e. The Kier molecular flexibility index (Phi) is 4.84. The van der Waals surface area contributed by atoms with E-state index in [1.807, 2.05) is 17.7 Å². The van der Waals surface area contributed by atoms with Crippen LogP contribution >= 0.6 is 15.9 Å². The maximum Gasteiger partial charge on any atom is 0.291 e. The molecule has 1 aromatic heterocycles. The van der Waals surface area contributed by atoms with E-state index in [1.54, 1.807) is 6.07 Å². The fourth-order valence-electron chi connectivity index (χ4n) is 1.28. The van der Waals surface area contributed by atoms with E-state index in [2.05, 4.69) is 28.3 Å². The number of hydroxylamine groups is 1. The van der Waals surface area contributed by atoms with Crippen LogP contribution in [0.15, 0.2) is 16.7 Å². The SMILES string of the molecule is CCCn1cc(Br)cc1C(=O)NOCC. The quantitative estimate of drug-likeness (QED) is 0.838. The van der Waals surface area contributed by atoms with Gasteiger partial charge in [0.25, 0.3) is 5.91 Å². The molecule has 1 aromatic rings. The number of amides is 1. The summed E-state index contributed by atoms with van der Waals surface area (Å²) in [5.41, 5.74) is 2.99. The van der Waals surface area contributed by atoms with Crippen molar-refractivity contribution >= 4 is 21.8 Å². The van der Waals surface area contributed by atoms with Crippen molar-refractivity contribution in [3.8, 4) is 0 Å². The van der Waals surface area contributed by atoms with Gasteiger partial charge >= 0.3 is 0 Å². The third kappa shape index (κ3) is 3.35. The Morgan fingerprint density at radius 1 is 1.60 bits per heavy atom. The highest BCUT2D eigenvalue weighted by atomic mass is 79.9. The lowest BCUT2D eigenvalue weighted by atomic mass is 10.4. The minimum absolute atomic E-state index is 0.212. The maximum atomic E-state index is 11.6. The van der Waals surface area contributed by atoms with Gasteiger partial charge in [0, 0.05) is 17.2 Å². The monoisotopic (exact) mass is 274 g/mol.